The zero-order valence-electron chi connectivity index (χ0n) is 16.2. The number of carbonyl (C=O) groups excluding carboxylic acids is 1. The molecule has 0 atom stereocenters. The molecule has 0 unspecified atom stereocenters. The SMILES string of the molecule is COc1ccc(-c2cccc3c2COC3=O)c(OCC(C)(C)C(=O)O)c1OC. The number of aliphatic carboxylic acids is 1. The highest BCUT2D eigenvalue weighted by Crippen LogP contribution is 2.46. The maximum atomic E-state index is 11.9. The Labute approximate surface area is 162 Å². The van der Waals surface area contributed by atoms with Gasteiger partial charge in [-0.2, -0.15) is 0 Å². The average Bonchev–Trinajstić information content (AvgIpc) is 3.06. The van der Waals surface area contributed by atoms with E-state index in [0.717, 1.165) is 11.1 Å². The van der Waals surface area contributed by atoms with Crippen molar-refractivity contribution in [2.24, 2.45) is 5.41 Å². The molecule has 0 aliphatic carbocycles. The van der Waals surface area contributed by atoms with Crippen molar-refractivity contribution < 1.29 is 33.6 Å². The molecular weight excluding hydrogens is 364 g/mol. The van der Waals surface area contributed by atoms with Crippen LogP contribution in [0.25, 0.3) is 11.1 Å². The molecule has 1 aliphatic rings. The summed E-state index contributed by atoms with van der Waals surface area (Å²) in [5.74, 6) is -0.190. The van der Waals surface area contributed by atoms with Crippen molar-refractivity contribution in [1.29, 1.82) is 0 Å². The summed E-state index contributed by atoms with van der Waals surface area (Å²) in [6, 6.07) is 8.87. The van der Waals surface area contributed by atoms with E-state index in [1.807, 2.05) is 6.07 Å². The minimum atomic E-state index is -1.11. The van der Waals surface area contributed by atoms with Gasteiger partial charge < -0.3 is 24.1 Å². The topological polar surface area (TPSA) is 91.3 Å². The molecule has 1 heterocycles. The van der Waals surface area contributed by atoms with Gasteiger partial charge in [-0.05, 0) is 37.6 Å². The van der Waals surface area contributed by atoms with Crippen LogP contribution >= 0.6 is 0 Å². The van der Waals surface area contributed by atoms with Gasteiger partial charge in [0.25, 0.3) is 0 Å². The second-order valence-electron chi connectivity index (χ2n) is 7.06. The predicted octanol–water partition coefficient (Wildman–Crippen LogP) is 3.53. The van der Waals surface area contributed by atoms with Gasteiger partial charge in [0, 0.05) is 11.1 Å². The molecule has 0 saturated carbocycles. The van der Waals surface area contributed by atoms with Crippen LogP contribution in [0.3, 0.4) is 0 Å². The lowest BCUT2D eigenvalue weighted by atomic mass is 9.94. The first-order chi connectivity index (χ1) is 13.3. The molecule has 1 N–H and O–H groups in total. The molecule has 0 saturated heterocycles. The van der Waals surface area contributed by atoms with E-state index in [-0.39, 0.29) is 19.2 Å². The van der Waals surface area contributed by atoms with Gasteiger partial charge in [-0.15, -0.1) is 0 Å². The van der Waals surface area contributed by atoms with Crippen LogP contribution < -0.4 is 14.2 Å². The van der Waals surface area contributed by atoms with Gasteiger partial charge in [-0.25, -0.2) is 4.79 Å². The Bertz CT molecular complexity index is 931. The Kier molecular flexibility index (Phi) is 5.18. The minimum absolute atomic E-state index is 0.0800. The van der Waals surface area contributed by atoms with Crippen LogP contribution in [0.2, 0.25) is 0 Å². The highest BCUT2D eigenvalue weighted by atomic mass is 16.5. The van der Waals surface area contributed by atoms with E-state index in [2.05, 4.69) is 0 Å². The monoisotopic (exact) mass is 386 g/mol. The molecule has 7 nitrogen and oxygen atoms in total. The molecule has 0 bridgehead atoms. The van der Waals surface area contributed by atoms with Crippen molar-refractivity contribution in [2.45, 2.75) is 20.5 Å². The number of benzene rings is 2. The summed E-state index contributed by atoms with van der Waals surface area (Å²) in [7, 11) is 2.99. The van der Waals surface area contributed by atoms with Gasteiger partial charge in [0.2, 0.25) is 5.75 Å². The number of cyclic esters (lactones) is 1. The van der Waals surface area contributed by atoms with E-state index in [4.69, 9.17) is 18.9 Å². The predicted molar refractivity (Wildman–Crippen MR) is 101 cm³/mol. The molecule has 0 radical (unpaired) electrons. The zero-order chi connectivity index (χ0) is 20.5. The van der Waals surface area contributed by atoms with Crippen molar-refractivity contribution in [1.82, 2.24) is 0 Å². The lowest BCUT2D eigenvalue weighted by Gasteiger charge is -2.23. The minimum Gasteiger partial charge on any atom is -0.493 e. The maximum absolute atomic E-state index is 11.9. The van der Waals surface area contributed by atoms with Crippen LogP contribution in [-0.2, 0) is 16.1 Å². The van der Waals surface area contributed by atoms with Gasteiger partial charge in [0.1, 0.15) is 13.2 Å². The smallest absolute Gasteiger partial charge is 0.338 e. The van der Waals surface area contributed by atoms with Gasteiger partial charge in [-0.1, -0.05) is 12.1 Å². The van der Waals surface area contributed by atoms with E-state index >= 15 is 0 Å². The highest BCUT2D eigenvalue weighted by molar-refractivity contribution is 5.96. The van der Waals surface area contributed by atoms with Crippen LogP contribution in [0, 0.1) is 5.41 Å². The molecule has 28 heavy (non-hydrogen) atoms. The maximum Gasteiger partial charge on any atom is 0.338 e. The molecule has 0 amide bonds. The molecular formula is C21H22O7. The first-order valence-electron chi connectivity index (χ1n) is 8.70. The van der Waals surface area contributed by atoms with Crippen molar-refractivity contribution >= 4 is 11.9 Å². The van der Waals surface area contributed by atoms with Crippen LogP contribution in [0.4, 0.5) is 0 Å². The van der Waals surface area contributed by atoms with Crippen molar-refractivity contribution in [3.8, 4) is 28.4 Å². The number of carbonyl (C=O) groups is 2. The summed E-state index contributed by atoms with van der Waals surface area (Å²) in [4.78, 5) is 23.4. The number of fused-ring (bicyclic) bond motifs is 1. The number of rotatable bonds is 7. The second kappa shape index (κ2) is 7.42. The lowest BCUT2D eigenvalue weighted by molar-refractivity contribution is -0.148. The highest BCUT2D eigenvalue weighted by Gasteiger charge is 2.31. The first kappa shape index (κ1) is 19.5. The van der Waals surface area contributed by atoms with Crippen LogP contribution in [0.5, 0.6) is 17.2 Å². The third-order valence-corrected chi connectivity index (χ3v) is 4.69. The summed E-state index contributed by atoms with van der Waals surface area (Å²) in [5, 5.41) is 9.40. The van der Waals surface area contributed by atoms with Crippen molar-refractivity contribution in [2.75, 3.05) is 20.8 Å². The fourth-order valence-electron chi connectivity index (χ4n) is 2.97. The molecule has 0 fully saturated rings. The lowest BCUT2D eigenvalue weighted by Crippen LogP contribution is -2.30. The molecule has 7 heteroatoms. The van der Waals surface area contributed by atoms with Crippen LogP contribution in [0.1, 0.15) is 29.8 Å². The first-order valence-corrected chi connectivity index (χ1v) is 8.70. The fraction of sp³-hybridized carbons (Fsp3) is 0.333. The fourth-order valence-corrected chi connectivity index (χ4v) is 2.97. The third kappa shape index (κ3) is 3.35. The Morgan fingerprint density at radius 1 is 1.07 bits per heavy atom. The zero-order valence-corrected chi connectivity index (χ0v) is 16.2. The largest absolute Gasteiger partial charge is 0.493 e. The Hall–Kier alpha value is -3.22. The number of carboxylic acids is 1. The third-order valence-electron chi connectivity index (χ3n) is 4.69. The summed E-state index contributed by atoms with van der Waals surface area (Å²) in [6.45, 7) is 3.24. The Morgan fingerprint density at radius 2 is 1.79 bits per heavy atom. The van der Waals surface area contributed by atoms with E-state index in [0.29, 0.717) is 28.4 Å². The van der Waals surface area contributed by atoms with Crippen molar-refractivity contribution in [3.05, 3.63) is 41.5 Å². The number of methoxy groups -OCH3 is 2. The van der Waals surface area contributed by atoms with E-state index in [9.17, 15) is 14.7 Å². The van der Waals surface area contributed by atoms with E-state index in [1.54, 1.807) is 38.1 Å². The molecule has 0 spiro atoms. The van der Waals surface area contributed by atoms with Gasteiger partial charge in [-0.3, -0.25) is 4.79 Å². The Balaban J connectivity index is 2.15. The second-order valence-corrected chi connectivity index (χ2v) is 7.06. The molecule has 1 aliphatic heterocycles. The average molecular weight is 386 g/mol. The molecule has 2 aromatic rings. The number of esters is 1. The van der Waals surface area contributed by atoms with Gasteiger partial charge in [0.15, 0.2) is 11.5 Å². The molecule has 2 aromatic carbocycles. The summed E-state index contributed by atoms with van der Waals surface area (Å²) in [5.41, 5.74) is 1.57. The number of ether oxygens (including phenoxy) is 4. The summed E-state index contributed by atoms with van der Waals surface area (Å²) < 4.78 is 22.0. The Morgan fingerprint density at radius 3 is 2.43 bits per heavy atom. The molecule has 148 valence electrons. The number of hydrogen-bond acceptors (Lipinski definition) is 6. The summed E-state index contributed by atoms with van der Waals surface area (Å²) in [6.07, 6.45) is 0. The molecule has 0 aromatic heterocycles. The normalized spacial score (nSPS) is 12.9. The molecule has 3 rings (SSSR count). The van der Waals surface area contributed by atoms with E-state index < -0.39 is 11.4 Å². The van der Waals surface area contributed by atoms with Crippen molar-refractivity contribution in [3.63, 3.8) is 0 Å². The quantitative estimate of drug-likeness (QED) is 0.728. The standard InChI is InChI=1S/C21H22O7/c1-21(2,20(23)24)11-28-17-13(8-9-16(25-3)18(17)26-4)12-6-5-7-14-15(12)10-27-19(14)22/h5-9H,10-11H2,1-4H3,(H,23,24). The number of carboxylic acid groups (broad SMARTS) is 1. The van der Waals surface area contributed by atoms with Gasteiger partial charge in [0.05, 0.1) is 25.2 Å². The van der Waals surface area contributed by atoms with Crippen LogP contribution in [0.15, 0.2) is 30.3 Å². The summed E-state index contributed by atoms with van der Waals surface area (Å²) >= 11 is 0. The number of hydrogen-bond donors (Lipinski definition) is 1. The van der Waals surface area contributed by atoms with Crippen LogP contribution in [-0.4, -0.2) is 37.9 Å². The van der Waals surface area contributed by atoms with Gasteiger partial charge >= 0.3 is 11.9 Å². The van der Waals surface area contributed by atoms with E-state index in [1.165, 1.54) is 14.2 Å².